The number of aliphatic hydroxyl groups excluding tert-OH is 1. The molecule has 0 amide bonds. The minimum absolute atomic E-state index is 0.0728. The maximum absolute atomic E-state index is 10.1. The highest BCUT2D eigenvalue weighted by atomic mass is 16.3. The Balaban J connectivity index is 2.48. The Morgan fingerprint density at radius 3 is 2.33 bits per heavy atom. The standard InChI is InChI=1S/C13H18O2/c1-12(2,15)10-5-3-4-6-11(10)13(9-14)7-8-13/h3-6,14-15H,7-9H2,1-2H3. The Hall–Kier alpha value is -0.860. The molecule has 0 unspecified atom stereocenters. The molecule has 1 aromatic carbocycles. The fourth-order valence-electron chi connectivity index (χ4n) is 2.14. The average Bonchev–Trinajstić information content (AvgIpc) is 2.97. The van der Waals surface area contributed by atoms with E-state index in [2.05, 4.69) is 0 Å². The van der Waals surface area contributed by atoms with Gasteiger partial charge >= 0.3 is 0 Å². The summed E-state index contributed by atoms with van der Waals surface area (Å²) in [6.45, 7) is 3.76. The zero-order valence-corrected chi connectivity index (χ0v) is 9.33. The van der Waals surface area contributed by atoms with E-state index in [9.17, 15) is 10.2 Å². The van der Waals surface area contributed by atoms with Gasteiger partial charge in [-0.3, -0.25) is 0 Å². The van der Waals surface area contributed by atoms with Crippen molar-refractivity contribution >= 4 is 0 Å². The minimum Gasteiger partial charge on any atom is -0.395 e. The quantitative estimate of drug-likeness (QED) is 0.793. The van der Waals surface area contributed by atoms with Crippen LogP contribution in [0, 0.1) is 0 Å². The molecule has 0 radical (unpaired) electrons. The Morgan fingerprint density at radius 1 is 1.27 bits per heavy atom. The van der Waals surface area contributed by atoms with Crippen LogP contribution in [0.2, 0.25) is 0 Å². The van der Waals surface area contributed by atoms with Gasteiger partial charge in [0.2, 0.25) is 0 Å². The van der Waals surface area contributed by atoms with E-state index in [-0.39, 0.29) is 12.0 Å². The topological polar surface area (TPSA) is 40.5 Å². The van der Waals surface area contributed by atoms with Crippen LogP contribution in [0.5, 0.6) is 0 Å². The Kier molecular flexibility index (Phi) is 2.36. The van der Waals surface area contributed by atoms with Crippen LogP contribution < -0.4 is 0 Å². The lowest BCUT2D eigenvalue weighted by molar-refractivity contribution is 0.0764. The number of rotatable bonds is 3. The fourth-order valence-corrected chi connectivity index (χ4v) is 2.14. The second-order valence-corrected chi connectivity index (χ2v) is 5.04. The summed E-state index contributed by atoms with van der Waals surface area (Å²) in [7, 11) is 0. The molecule has 0 saturated heterocycles. The third kappa shape index (κ3) is 1.80. The van der Waals surface area contributed by atoms with E-state index >= 15 is 0 Å². The van der Waals surface area contributed by atoms with Gasteiger partial charge < -0.3 is 10.2 Å². The van der Waals surface area contributed by atoms with Crippen LogP contribution in [0.25, 0.3) is 0 Å². The zero-order chi connectivity index (χ0) is 11.1. The third-order valence-electron chi connectivity index (χ3n) is 3.31. The van der Waals surface area contributed by atoms with Crippen molar-refractivity contribution in [3.63, 3.8) is 0 Å². The highest BCUT2D eigenvalue weighted by molar-refractivity contribution is 5.41. The molecule has 2 rings (SSSR count). The summed E-state index contributed by atoms with van der Waals surface area (Å²) >= 11 is 0. The van der Waals surface area contributed by atoms with Crippen LogP contribution in [0.15, 0.2) is 24.3 Å². The molecule has 0 heterocycles. The first-order chi connectivity index (χ1) is 6.99. The van der Waals surface area contributed by atoms with Gasteiger partial charge in [-0.15, -0.1) is 0 Å². The zero-order valence-electron chi connectivity index (χ0n) is 9.33. The Morgan fingerprint density at radius 2 is 1.87 bits per heavy atom. The molecular weight excluding hydrogens is 188 g/mol. The Labute approximate surface area is 90.6 Å². The molecule has 0 spiro atoms. The summed E-state index contributed by atoms with van der Waals surface area (Å²) in [6.07, 6.45) is 2.05. The lowest BCUT2D eigenvalue weighted by atomic mass is 9.85. The maximum atomic E-state index is 10.1. The summed E-state index contributed by atoms with van der Waals surface area (Å²) in [5.41, 5.74) is 1.15. The van der Waals surface area contributed by atoms with Gasteiger partial charge in [0.05, 0.1) is 12.2 Å². The van der Waals surface area contributed by atoms with E-state index in [1.165, 1.54) is 0 Å². The van der Waals surface area contributed by atoms with Crippen LogP contribution in [-0.4, -0.2) is 16.8 Å². The highest BCUT2D eigenvalue weighted by Gasteiger charge is 2.46. The van der Waals surface area contributed by atoms with Gasteiger partial charge in [-0.1, -0.05) is 24.3 Å². The first kappa shape index (κ1) is 10.7. The van der Waals surface area contributed by atoms with Crippen molar-refractivity contribution in [3.8, 4) is 0 Å². The van der Waals surface area contributed by atoms with E-state index in [1.54, 1.807) is 13.8 Å². The maximum Gasteiger partial charge on any atom is 0.0843 e. The van der Waals surface area contributed by atoms with Crippen molar-refractivity contribution < 1.29 is 10.2 Å². The molecule has 82 valence electrons. The molecule has 1 aliphatic rings. The molecule has 0 aromatic heterocycles. The van der Waals surface area contributed by atoms with E-state index in [0.717, 1.165) is 24.0 Å². The molecule has 0 aliphatic heterocycles. The normalized spacial score (nSPS) is 18.9. The molecule has 2 N–H and O–H groups in total. The van der Waals surface area contributed by atoms with Crippen LogP contribution in [-0.2, 0) is 11.0 Å². The second-order valence-electron chi connectivity index (χ2n) is 5.04. The second kappa shape index (κ2) is 3.32. The molecule has 2 heteroatoms. The molecule has 15 heavy (non-hydrogen) atoms. The Bertz CT molecular complexity index is 359. The van der Waals surface area contributed by atoms with Crippen LogP contribution in [0.3, 0.4) is 0 Å². The smallest absolute Gasteiger partial charge is 0.0843 e. The summed E-state index contributed by atoms with van der Waals surface area (Å²) < 4.78 is 0. The van der Waals surface area contributed by atoms with E-state index in [1.807, 2.05) is 24.3 Å². The van der Waals surface area contributed by atoms with Crippen LogP contribution in [0.1, 0.15) is 37.8 Å². The lowest BCUT2D eigenvalue weighted by Gasteiger charge is -2.25. The van der Waals surface area contributed by atoms with Crippen molar-refractivity contribution in [2.75, 3.05) is 6.61 Å². The number of benzene rings is 1. The molecule has 1 fully saturated rings. The predicted octanol–water partition coefficient (Wildman–Crippen LogP) is 1.94. The molecule has 1 aromatic rings. The summed E-state index contributed by atoms with van der Waals surface area (Å²) in [5, 5.41) is 19.5. The van der Waals surface area contributed by atoms with Gasteiger partial charge in [0, 0.05) is 5.41 Å². The van der Waals surface area contributed by atoms with Crippen molar-refractivity contribution in [2.24, 2.45) is 0 Å². The third-order valence-corrected chi connectivity index (χ3v) is 3.31. The van der Waals surface area contributed by atoms with Gasteiger partial charge in [0.1, 0.15) is 0 Å². The summed E-state index contributed by atoms with van der Waals surface area (Å²) in [5.74, 6) is 0. The largest absolute Gasteiger partial charge is 0.395 e. The number of aliphatic hydroxyl groups is 2. The SMILES string of the molecule is CC(C)(O)c1ccccc1C1(CO)CC1. The molecule has 2 nitrogen and oxygen atoms in total. The predicted molar refractivity (Wildman–Crippen MR) is 59.7 cm³/mol. The minimum atomic E-state index is -0.832. The number of hydrogen-bond donors (Lipinski definition) is 2. The summed E-state index contributed by atoms with van der Waals surface area (Å²) in [6, 6.07) is 7.88. The van der Waals surface area contributed by atoms with Crippen molar-refractivity contribution in [1.82, 2.24) is 0 Å². The van der Waals surface area contributed by atoms with E-state index in [0.29, 0.717) is 0 Å². The number of hydrogen-bond acceptors (Lipinski definition) is 2. The monoisotopic (exact) mass is 206 g/mol. The first-order valence-electron chi connectivity index (χ1n) is 5.43. The first-order valence-corrected chi connectivity index (χ1v) is 5.43. The van der Waals surface area contributed by atoms with Gasteiger partial charge in [0.15, 0.2) is 0 Å². The van der Waals surface area contributed by atoms with Crippen molar-refractivity contribution in [3.05, 3.63) is 35.4 Å². The lowest BCUT2D eigenvalue weighted by Crippen LogP contribution is -2.23. The molecule has 0 bridgehead atoms. The highest BCUT2D eigenvalue weighted by Crippen LogP contribution is 2.50. The average molecular weight is 206 g/mol. The van der Waals surface area contributed by atoms with Gasteiger partial charge in [0.25, 0.3) is 0 Å². The van der Waals surface area contributed by atoms with Gasteiger partial charge in [-0.05, 0) is 37.8 Å². The molecule has 1 aliphatic carbocycles. The van der Waals surface area contributed by atoms with Gasteiger partial charge in [-0.25, -0.2) is 0 Å². The van der Waals surface area contributed by atoms with Crippen LogP contribution >= 0.6 is 0 Å². The van der Waals surface area contributed by atoms with Crippen molar-refractivity contribution in [2.45, 2.75) is 37.7 Å². The van der Waals surface area contributed by atoms with Gasteiger partial charge in [-0.2, -0.15) is 0 Å². The summed E-state index contributed by atoms with van der Waals surface area (Å²) in [4.78, 5) is 0. The molecular formula is C13H18O2. The van der Waals surface area contributed by atoms with E-state index < -0.39 is 5.60 Å². The molecule has 1 saturated carbocycles. The van der Waals surface area contributed by atoms with E-state index in [4.69, 9.17) is 0 Å². The fraction of sp³-hybridized carbons (Fsp3) is 0.538. The molecule has 0 atom stereocenters. The van der Waals surface area contributed by atoms with Crippen molar-refractivity contribution in [1.29, 1.82) is 0 Å². The van der Waals surface area contributed by atoms with Crippen LogP contribution in [0.4, 0.5) is 0 Å².